The first-order chi connectivity index (χ1) is 19.3. The molecule has 0 unspecified atom stereocenters. The zero-order valence-electron chi connectivity index (χ0n) is 23.1. The Hall–Kier alpha value is -3.34. The highest BCUT2D eigenvalue weighted by Crippen LogP contribution is 2.28. The van der Waals surface area contributed by atoms with Crippen molar-refractivity contribution in [2.24, 2.45) is 0 Å². The summed E-state index contributed by atoms with van der Waals surface area (Å²) in [6, 6.07) is 14.2. The molecule has 0 saturated carbocycles. The van der Waals surface area contributed by atoms with Gasteiger partial charge in [0.15, 0.2) is 0 Å². The molecule has 0 aliphatic rings. The van der Waals surface area contributed by atoms with Crippen molar-refractivity contribution in [3.05, 3.63) is 88.2 Å². The van der Waals surface area contributed by atoms with Gasteiger partial charge in [-0.25, -0.2) is 12.8 Å². The van der Waals surface area contributed by atoms with Gasteiger partial charge in [0.05, 0.1) is 27.2 Å². The van der Waals surface area contributed by atoms with Crippen LogP contribution in [-0.2, 0) is 26.2 Å². The summed E-state index contributed by atoms with van der Waals surface area (Å²) in [6.07, 6.45) is 0. The van der Waals surface area contributed by atoms with E-state index >= 15 is 0 Å². The van der Waals surface area contributed by atoms with Gasteiger partial charge in [-0.2, -0.15) is 0 Å². The van der Waals surface area contributed by atoms with E-state index in [1.807, 2.05) is 6.92 Å². The number of benzene rings is 3. The Morgan fingerprint density at radius 3 is 2.15 bits per heavy atom. The standard InChI is InChI=1S/C29H32Cl2FN3O5S/c1-5-40-24-11-9-23(10-12-24)35(41(38,39)25-13-7-22(32)8-14-25)18-28(36)34(20(4)29(37)33-19(2)3)17-21-6-15-26(30)27(31)16-21/h6-16,19-20H,5,17-18H2,1-4H3,(H,33,37)/t20-/m1/s1. The second-order valence-electron chi connectivity index (χ2n) is 9.50. The van der Waals surface area contributed by atoms with Crippen LogP contribution < -0.4 is 14.4 Å². The largest absolute Gasteiger partial charge is 0.494 e. The van der Waals surface area contributed by atoms with E-state index in [1.165, 1.54) is 17.0 Å². The fourth-order valence-electron chi connectivity index (χ4n) is 3.96. The number of amides is 2. The Morgan fingerprint density at radius 1 is 0.951 bits per heavy atom. The van der Waals surface area contributed by atoms with Crippen LogP contribution in [0.3, 0.4) is 0 Å². The monoisotopic (exact) mass is 623 g/mol. The molecule has 3 aromatic rings. The third-order valence-electron chi connectivity index (χ3n) is 6.05. The van der Waals surface area contributed by atoms with E-state index in [9.17, 15) is 22.4 Å². The molecule has 0 aliphatic carbocycles. The third-order valence-corrected chi connectivity index (χ3v) is 8.58. The van der Waals surface area contributed by atoms with E-state index in [0.29, 0.717) is 22.9 Å². The van der Waals surface area contributed by atoms with Crippen molar-refractivity contribution >= 4 is 50.7 Å². The SMILES string of the molecule is CCOc1ccc(N(CC(=O)N(Cc2ccc(Cl)c(Cl)c2)[C@H](C)C(=O)NC(C)C)S(=O)(=O)c2ccc(F)cc2)cc1. The predicted molar refractivity (Wildman–Crippen MR) is 158 cm³/mol. The van der Waals surface area contributed by atoms with Gasteiger partial charge in [0.25, 0.3) is 10.0 Å². The number of carbonyl (C=O) groups excluding carboxylic acids is 2. The highest BCUT2D eigenvalue weighted by molar-refractivity contribution is 7.92. The van der Waals surface area contributed by atoms with Crippen molar-refractivity contribution in [2.45, 2.75) is 51.2 Å². The van der Waals surface area contributed by atoms with Gasteiger partial charge in [0, 0.05) is 12.6 Å². The van der Waals surface area contributed by atoms with E-state index in [-0.39, 0.29) is 28.2 Å². The average molecular weight is 625 g/mol. The van der Waals surface area contributed by atoms with Crippen molar-refractivity contribution in [3.63, 3.8) is 0 Å². The highest BCUT2D eigenvalue weighted by Gasteiger charge is 2.33. The fraction of sp³-hybridized carbons (Fsp3) is 0.310. The number of anilines is 1. The van der Waals surface area contributed by atoms with Crippen molar-refractivity contribution < 1.29 is 27.1 Å². The molecule has 0 bridgehead atoms. The second kappa shape index (κ2) is 14.0. The van der Waals surface area contributed by atoms with Crippen LogP contribution in [-0.4, -0.2) is 50.4 Å². The van der Waals surface area contributed by atoms with Crippen molar-refractivity contribution in [1.29, 1.82) is 0 Å². The molecule has 0 radical (unpaired) electrons. The smallest absolute Gasteiger partial charge is 0.264 e. The van der Waals surface area contributed by atoms with Gasteiger partial charge in [0.1, 0.15) is 24.2 Å². The van der Waals surface area contributed by atoms with Crippen LogP contribution in [0.5, 0.6) is 5.75 Å². The van der Waals surface area contributed by atoms with Crippen LogP contribution in [0.2, 0.25) is 10.0 Å². The van der Waals surface area contributed by atoms with Gasteiger partial charge in [0.2, 0.25) is 11.8 Å². The molecule has 3 rings (SSSR count). The number of nitrogens with one attached hydrogen (secondary N) is 1. The molecule has 2 amide bonds. The number of hydrogen-bond acceptors (Lipinski definition) is 5. The molecular formula is C29H32Cl2FN3O5S. The molecule has 1 N–H and O–H groups in total. The lowest BCUT2D eigenvalue weighted by Gasteiger charge is -2.32. The van der Waals surface area contributed by atoms with Crippen LogP contribution in [0.4, 0.5) is 10.1 Å². The van der Waals surface area contributed by atoms with Crippen LogP contribution in [0, 0.1) is 5.82 Å². The molecule has 0 spiro atoms. The first-order valence-electron chi connectivity index (χ1n) is 12.9. The molecule has 0 aromatic heterocycles. The Bertz CT molecular complexity index is 1470. The molecule has 3 aromatic carbocycles. The van der Waals surface area contributed by atoms with Gasteiger partial charge in [-0.15, -0.1) is 0 Å². The average Bonchev–Trinajstić information content (AvgIpc) is 2.92. The van der Waals surface area contributed by atoms with Crippen molar-refractivity contribution in [2.75, 3.05) is 17.5 Å². The van der Waals surface area contributed by atoms with E-state index < -0.39 is 40.2 Å². The summed E-state index contributed by atoms with van der Waals surface area (Å²) in [5.74, 6) is -1.16. The summed E-state index contributed by atoms with van der Waals surface area (Å²) >= 11 is 12.2. The van der Waals surface area contributed by atoms with Gasteiger partial charge in [-0.3, -0.25) is 13.9 Å². The maximum absolute atomic E-state index is 13.9. The molecule has 220 valence electrons. The number of hydrogen-bond donors (Lipinski definition) is 1. The summed E-state index contributed by atoms with van der Waals surface area (Å²) in [7, 11) is -4.34. The quantitative estimate of drug-likeness (QED) is 0.280. The maximum atomic E-state index is 13.9. The minimum atomic E-state index is -4.34. The van der Waals surface area contributed by atoms with Crippen LogP contribution in [0.15, 0.2) is 71.6 Å². The Kier molecular flexibility index (Phi) is 11.0. The summed E-state index contributed by atoms with van der Waals surface area (Å²) in [5.41, 5.74) is 0.769. The van der Waals surface area contributed by atoms with Gasteiger partial charge >= 0.3 is 0 Å². The normalized spacial score (nSPS) is 12.1. The summed E-state index contributed by atoms with van der Waals surface area (Å²) in [4.78, 5) is 28.0. The van der Waals surface area contributed by atoms with Gasteiger partial charge in [-0.05, 0) is 93.9 Å². The number of sulfonamides is 1. The van der Waals surface area contributed by atoms with E-state index in [2.05, 4.69) is 5.32 Å². The van der Waals surface area contributed by atoms with Crippen LogP contribution >= 0.6 is 23.2 Å². The molecule has 0 fully saturated rings. The molecule has 0 aliphatic heterocycles. The predicted octanol–water partition coefficient (Wildman–Crippen LogP) is 5.67. The third kappa shape index (κ3) is 8.34. The molecule has 8 nitrogen and oxygen atoms in total. The summed E-state index contributed by atoms with van der Waals surface area (Å²) in [5, 5.41) is 3.38. The number of rotatable bonds is 12. The minimum absolute atomic E-state index is 0.0455. The maximum Gasteiger partial charge on any atom is 0.264 e. The summed E-state index contributed by atoms with van der Waals surface area (Å²) in [6.45, 7) is 6.68. The molecule has 1 atom stereocenters. The number of halogens is 3. The molecule has 41 heavy (non-hydrogen) atoms. The zero-order chi connectivity index (χ0) is 30.3. The lowest BCUT2D eigenvalue weighted by molar-refractivity contribution is -0.139. The van der Waals surface area contributed by atoms with E-state index in [0.717, 1.165) is 28.6 Å². The van der Waals surface area contributed by atoms with Crippen LogP contribution in [0.1, 0.15) is 33.3 Å². The fourth-order valence-corrected chi connectivity index (χ4v) is 5.70. The minimum Gasteiger partial charge on any atom is -0.494 e. The number of ether oxygens (including phenoxy) is 1. The molecule has 0 heterocycles. The molecule has 0 saturated heterocycles. The first-order valence-corrected chi connectivity index (χ1v) is 15.1. The van der Waals surface area contributed by atoms with Gasteiger partial charge in [-0.1, -0.05) is 29.3 Å². The molecule has 12 heteroatoms. The van der Waals surface area contributed by atoms with Crippen LogP contribution in [0.25, 0.3) is 0 Å². The Balaban J connectivity index is 2.04. The molecular weight excluding hydrogens is 592 g/mol. The Labute approximate surface area is 250 Å². The number of nitrogens with zero attached hydrogens (tertiary/aromatic N) is 2. The van der Waals surface area contributed by atoms with E-state index in [1.54, 1.807) is 51.1 Å². The number of carbonyl (C=O) groups is 2. The highest BCUT2D eigenvalue weighted by atomic mass is 35.5. The summed E-state index contributed by atoms with van der Waals surface area (Å²) < 4.78 is 47.6. The lowest BCUT2D eigenvalue weighted by atomic mass is 10.1. The Morgan fingerprint density at radius 2 is 1.59 bits per heavy atom. The van der Waals surface area contributed by atoms with Crippen molar-refractivity contribution in [3.8, 4) is 5.75 Å². The zero-order valence-corrected chi connectivity index (χ0v) is 25.4. The first kappa shape index (κ1) is 32.2. The lowest BCUT2D eigenvalue weighted by Crippen LogP contribution is -2.52. The van der Waals surface area contributed by atoms with Crippen molar-refractivity contribution in [1.82, 2.24) is 10.2 Å². The van der Waals surface area contributed by atoms with E-state index in [4.69, 9.17) is 27.9 Å². The second-order valence-corrected chi connectivity index (χ2v) is 12.2. The topological polar surface area (TPSA) is 96.0 Å². The van der Waals surface area contributed by atoms with Gasteiger partial charge < -0.3 is 15.0 Å².